The first-order chi connectivity index (χ1) is 11.3. The molecule has 0 aromatic rings. The number of allylic oxidation sites excluding steroid dienone is 3. The number of rotatable bonds is 17. The summed E-state index contributed by atoms with van der Waals surface area (Å²) in [6, 6.07) is 0. The zero-order chi connectivity index (χ0) is 17.0. The fraction of sp³-hybridized carbons (Fsp3) is 0.818. The van der Waals surface area contributed by atoms with Gasteiger partial charge in [0, 0.05) is 0 Å². The van der Waals surface area contributed by atoms with Gasteiger partial charge in [0.05, 0.1) is 6.10 Å². The Morgan fingerprint density at radius 2 is 1.22 bits per heavy atom. The topological polar surface area (TPSA) is 20.2 Å². The van der Waals surface area contributed by atoms with Crippen LogP contribution in [0.4, 0.5) is 0 Å². The van der Waals surface area contributed by atoms with Crippen LogP contribution >= 0.6 is 0 Å². The van der Waals surface area contributed by atoms with E-state index in [0.717, 1.165) is 19.3 Å². The van der Waals surface area contributed by atoms with Gasteiger partial charge in [0.1, 0.15) is 0 Å². The van der Waals surface area contributed by atoms with Crippen LogP contribution in [0.1, 0.15) is 110 Å². The smallest absolute Gasteiger partial charge is 0.0721 e. The minimum Gasteiger partial charge on any atom is -0.389 e. The zero-order valence-corrected chi connectivity index (χ0v) is 15.9. The van der Waals surface area contributed by atoms with Gasteiger partial charge >= 0.3 is 0 Å². The van der Waals surface area contributed by atoms with Crippen molar-refractivity contribution in [3.63, 3.8) is 0 Å². The van der Waals surface area contributed by atoms with Gasteiger partial charge in [-0.15, -0.1) is 0 Å². The molecule has 136 valence electrons. The van der Waals surface area contributed by atoms with E-state index in [-0.39, 0.29) is 6.10 Å². The van der Waals surface area contributed by atoms with Crippen molar-refractivity contribution in [1.29, 1.82) is 0 Å². The molecular weight excluding hydrogens is 280 g/mol. The third-order valence-corrected chi connectivity index (χ3v) is 4.37. The predicted octanol–water partition coefficient (Wildman–Crippen LogP) is 7.35. The first-order valence-electron chi connectivity index (χ1n) is 10.3. The average Bonchev–Trinajstić information content (AvgIpc) is 2.56. The van der Waals surface area contributed by atoms with Crippen molar-refractivity contribution in [2.75, 3.05) is 0 Å². The van der Waals surface area contributed by atoms with Crippen molar-refractivity contribution < 1.29 is 5.11 Å². The Morgan fingerprint density at radius 1 is 0.652 bits per heavy atom. The van der Waals surface area contributed by atoms with Crippen molar-refractivity contribution in [3.05, 3.63) is 24.3 Å². The molecule has 0 saturated heterocycles. The van der Waals surface area contributed by atoms with Crippen LogP contribution in [-0.2, 0) is 0 Å². The molecule has 1 N–H and O–H groups in total. The Kier molecular flexibility index (Phi) is 19.0. The van der Waals surface area contributed by atoms with Crippen molar-refractivity contribution >= 4 is 0 Å². The molecule has 0 heterocycles. The quantitative estimate of drug-likeness (QED) is 0.219. The first kappa shape index (κ1) is 22.4. The van der Waals surface area contributed by atoms with Crippen LogP contribution in [0.25, 0.3) is 0 Å². The third-order valence-electron chi connectivity index (χ3n) is 4.37. The van der Waals surface area contributed by atoms with Crippen LogP contribution in [0.3, 0.4) is 0 Å². The van der Waals surface area contributed by atoms with E-state index in [1.54, 1.807) is 0 Å². The third kappa shape index (κ3) is 19.4. The molecule has 1 unspecified atom stereocenters. The summed E-state index contributed by atoms with van der Waals surface area (Å²) in [6.45, 7) is 4.51. The van der Waals surface area contributed by atoms with E-state index in [9.17, 15) is 5.11 Å². The summed E-state index contributed by atoms with van der Waals surface area (Å²) in [6.07, 6.45) is 27.4. The van der Waals surface area contributed by atoms with E-state index in [2.05, 4.69) is 32.1 Å². The van der Waals surface area contributed by atoms with Gasteiger partial charge in [0.25, 0.3) is 0 Å². The van der Waals surface area contributed by atoms with Crippen LogP contribution in [0, 0.1) is 0 Å². The Balaban J connectivity index is 3.32. The zero-order valence-electron chi connectivity index (χ0n) is 15.9. The highest BCUT2D eigenvalue weighted by atomic mass is 16.3. The second-order valence-electron chi connectivity index (χ2n) is 6.82. The summed E-state index contributed by atoms with van der Waals surface area (Å²) < 4.78 is 0. The molecule has 23 heavy (non-hydrogen) atoms. The van der Waals surface area contributed by atoms with E-state index in [4.69, 9.17) is 0 Å². The van der Waals surface area contributed by atoms with E-state index in [1.165, 1.54) is 77.0 Å². The van der Waals surface area contributed by atoms with Crippen LogP contribution in [0.5, 0.6) is 0 Å². The summed E-state index contributed by atoms with van der Waals surface area (Å²) in [7, 11) is 0. The molecule has 0 bridgehead atoms. The lowest BCUT2D eigenvalue weighted by atomic mass is 10.0. The fourth-order valence-electron chi connectivity index (χ4n) is 2.80. The second-order valence-corrected chi connectivity index (χ2v) is 6.82. The molecule has 0 fully saturated rings. The summed E-state index contributed by atoms with van der Waals surface area (Å²) in [5.74, 6) is 0. The minimum absolute atomic E-state index is 0.243. The molecule has 0 radical (unpaired) electrons. The van der Waals surface area contributed by atoms with E-state index in [1.807, 2.05) is 6.08 Å². The molecule has 0 aromatic heterocycles. The van der Waals surface area contributed by atoms with Gasteiger partial charge in [0.2, 0.25) is 0 Å². The first-order valence-corrected chi connectivity index (χ1v) is 10.3. The van der Waals surface area contributed by atoms with Crippen LogP contribution in [0.2, 0.25) is 0 Å². The number of hydrogen-bond acceptors (Lipinski definition) is 1. The summed E-state index contributed by atoms with van der Waals surface area (Å²) in [5, 5.41) is 9.91. The highest BCUT2D eigenvalue weighted by Gasteiger charge is 1.98. The highest BCUT2D eigenvalue weighted by molar-refractivity contribution is 4.95. The number of hydrogen-bond donors (Lipinski definition) is 1. The molecule has 1 atom stereocenters. The standard InChI is InChI=1S/C22H42O/c1-3-5-7-9-11-13-15-17-19-21-22(23)20-18-16-14-12-10-8-6-4-2/h12,14,18,20,22-23H,3-11,13,15-17,19,21H2,1-2H3/b14-12-,20-18-. The van der Waals surface area contributed by atoms with Gasteiger partial charge in [-0.05, 0) is 25.7 Å². The maximum Gasteiger partial charge on any atom is 0.0721 e. The molecule has 0 saturated carbocycles. The fourth-order valence-corrected chi connectivity index (χ4v) is 2.80. The molecule has 0 amide bonds. The monoisotopic (exact) mass is 322 g/mol. The summed E-state index contributed by atoms with van der Waals surface area (Å²) in [4.78, 5) is 0. The van der Waals surface area contributed by atoms with Gasteiger partial charge in [-0.25, -0.2) is 0 Å². The predicted molar refractivity (Wildman–Crippen MR) is 105 cm³/mol. The molecule has 0 aliphatic rings. The Hall–Kier alpha value is -0.560. The number of aliphatic hydroxyl groups is 1. The normalized spacial score (nSPS) is 13.3. The molecule has 0 aliphatic carbocycles. The molecule has 1 heteroatoms. The van der Waals surface area contributed by atoms with Gasteiger partial charge in [-0.3, -0.25) is 0 Å². The maximum atomic E-state index is 9.91. The van der Waals surface area contributed by atoms with Gasteiger partial charge in [-0.2, -0.15) is 0 Å². The lowest BCUT2D eigenvalue weighted by Gasteiger charge is -2.05. The van der Waals surface area contributed by atoms with Crippen LogP contribution in [0.15, 0.2) is 24.3 Å². The van der Waals surface area contributed by atoms with Crippen LogP contribution in [-0.4, -0.2) is 11.2 Å². The molecule has 0 rings (SSSR count). The molecule has 1 nitrogen and oxygen atoms in total. The Labute approximate surface area is 146 Å². The lowest BCUT2D eigenvalue weighted by Crippen LogP contribution is -2.01. The van der Waals surface area contributed by atoms with Crippen LogP contribution < -0.4 is 0 Å². The van der Waals surface area contributed by atoms with Crippen molar-refractivity contribution in [2.45, 2.75) is 116 Å². The SMILES string of the molecule is CCCCC/C=C\C/C=C\C(O)CCCCCCCCCCC. The molecular formula is C22H42O. The van der Waals surface area contributed by atoms with Crippen molar-refractivity contribution in [2.24, 2.45) is 0 Å². The maximum absolute atomic E-state index is 9.91. The molecule has 0 aliphatic heterocycles. The molecule has 0 spiro atoms. The number of aliphatic hydroxyl groups excluding tert-OH is 1. The Bertz CT molecular complexity index is 267. The van der Waals surface area contributed by atoms with Gasteiger partial charge < -0.3 is 5.11 Å². The van der Waals surface area contributed by atoms with E-state index in [0.29, 0.717) is 0 Å². The largest absolute Gasteiger partial charge is 0.389 e. The van der Waals surface area contributed by atoms with Crippen molar-refractivity contribution in [1.82, 2.24) is 0 Å². The van der Waals surface area contributed by atoms with Gasteiger partial charge in [0.15, 0.2) is 0 Å². The average molecular weight is 323 g/mol. The highest BCUT2D eigenvalue weighted by Crippen LogP contribution is 2.11. The Morgan fingerprint density at radius 3 is 1.87 bits per heavy atom. The minimum atomic E-state index is -0.243. The van der Waals surface area contributed by atoms with Gasteiger partial charge in [-0.1, -0.05) is 109 Å². The number of unbranched alkanes of at least 4 members (excludes halogenated alkanes) is 11. The van der Waals surface area contributed by atoms with Crippen molar-refractivity contribution in [3.8, 4) is 0 Å². The second kappa shape index (κ2) is 19.5. The lowest BCUT2D eigenvalue weighted by molar-refractivity contribution is 0.207. The summed E-state index contributed by atoms with van der Waals surface area (Å²) >= 11 is 0. The molecule has 0 aromatic carbocycles. The van der Waals surface area contributed by atoms with E-state index < -0.39 is 0 Å². The van der Waals surface area contributed by atoms with E-state index >= 15 is 0 Å². The summed E-state index contributed by atoms with van der Waals surface area (Å²) in [5.41, 5.74) is 0.